The zero-order valence-electron chi connectivity index (χ0n) is 9.93. The van der Waals surface area contributed by atoms with Gasteiger partial charge in [0.05, 0.1) is 16.9 Å². The first kappa shape index (κ1) is 14.1. The Morgan fingerprint density at radius 2 is 2.00 bits per heavy atom. The molecule has 0 saturated heterocycles. The molecule has 1 unspecified atom stereocenters. The Balaban J connectivity index is 2.90. The van der Waals surface area contributed by atoms with Crippen molar-refractivity contribution in [1.29, 1.82) is 0 Å². The normalized spacial score (nSPS) is 12.9. The average Bonchev–Trinajstić information content (AvgIpc) is 2.29. The Morgan fingerprint density at radius 3 is 2.44 bits per heavy atom. The molecule has 4 nitrogen and oxygen atoms in total. The van der Waals surface area contributed by atoms with Gasteiger partial charge in [0.2, 0.25) is 5.91 Å². The topological polar surface area (TPSA) is 67.2 Å². The average molecular weight is 261 g/mol. The Hall–Kier alpha value is -1.92. The summed E-state index contributed by atoms with van der Waals surface area (Å²) in [6, 6.07) is 2.36. The van der Waals surface area contributed by atoms with Crippen molar-refractivity contribution in [3.05, 3.63) is 23.8 Å². The van der Waals surface area contributed by atoms with Crippen molar-refractivity contribution in [3.8, 4) is 0 Å². The molecule has 100 valence electrons. The SMILES string of the molecule is CNC(=O)C(C)Nc1ccc(C(F)(F)F)cc1N. The van der Waals surface area contributed by atoms with E-state index >= 15 is 0 Å². The third-order valence-electron chi connectivity index (χ3n) is 2.39. The van der Waals surface area contributed by atoms with Gasteiger partial charge >= 0.3 is 6.18 Å². The van der Waals surface area contributed by atoms with Crippen LogP contribution in [0.25, 0.3) is 0 Å². The number of amides is 1. The van der Waals surface area contributed by atoms with Crippen LogP contribution in [0.3, 0.4) is 0 Å². The van der Waals surface area contributed by atoms with Gasteiger partial charge in [0, 0.05) is 7.05 Å². The highest BCUT2D eigenvalue weighted by Gasteiger charge is 2.30. The molecule has 1 atom stereocenters. The van der Waals surface area contributed by atoms with Gasteiger partial charge in [-0.05, 0) is 25.1 Å². The number of likely N-dealkylation sites (N-methyl/N-ethyl adjacent to an activating group) is 1. The number of rotatable bonds is 3. The summed E-state index contributed by atoms with van der Waals surface area (Å²) in [6.45, 7) is 1.58. The van der Waals surface area contributed by atoms with Gasteiger partial charge in [0.25, 0.3) is 0 Å². The van der Waals surface area contributed by atoms with Gasteiger partial charge in [-0.1, -0.05) is 0 Å². The molecule has 0 heterocycles. The van der Waals surface area contributed by atoms with E-state index in [1.54, 1.807) is 6.92 Å². The summed E-state index contributed by atoms with van der Waals surface area (Å²) in [7, 11) is 1.47. The third kappa shape index (κ3) is 3.28. The minimum absolute atomic E-state index is 0.0550. The number of hydrogen-bond acceptors (Lipinski definition) is 3. The van der Waals surface area contributed by atoms with Crippen LogP contribution in [0.1, 0.15) is 12.5 Å². The molecule has 0 saturated carbocycles. The maximum atomic E-state index is 12.4. The van der Waals surface area contributed by atoms with Crippen LogP contribution in [0.4, 0.5) is 24.5 Å². The Kier molecular flexibility index (Phi) is 4.05. The zero-order valence-corrected chi connectivity index (χ0v) is 9.93. The lowest BCUT2D eigenvalue weighted by Crippen LogP contribution is -2.35. The second-order valence-electron chi connectivity index (χ2n) is 3.78. The molecule has 18 heavy (non-hydrogen) atoms. The first-order valence-corrected chi connectivity index (χ1v) is 5.20. The number of nitrogen functional groups attached to an aromatic ring is 1. The quantitative estimate of drug-likeness (QED) is 0.727. The smallest absolute Gasteiger partial charge is 0.397 e. The second-order valence-corrected chi connectivity index (χ2v) is 3.78. The number of nitrogens with one attached hydrogen (secondary N) is 2. The van der Waals surface area contributed by atoms with Crippen LogP contribution in [0, 0.1) is 0 Å². The van der Waals surface area contributed by atoms with E-state index in [1.807, 2.05) is 0 Å². The molecule has 0 aliphatic rings. The minimum atomic E-state index is -4.43. The van der Waals surface area contributed by atoms with Crippen LogP contribution in [0.2, 0.25) is 0 Å². The summed E-state index contributed by atoms with van der Waals surface area (Å²) in [5, 5.41) is 5.15. The minimum Gasteiger partial charge on any atom is -0.397 e. The number of carbonyl (C=O) groups is 1. The number of anilines is 2. The molecule has 0 fully saturated rings. The zero-order chi connectivity index (χ0) is 13.9. The number of nitrogens with two attached hydrogens (primary N) is 1. The number of benzene rings is 1. The number of alkyl halides is 3. The Labute approximate surface area is 102 Å². The van der Waals surface area contributed by atoms with Crippen molar-refractivity contribution in [3.63, 3.8) is 0 Å². The van der Waals surface area contributed by atoms with Crippen molar-refractivity contribution in [2.24, 2.45) is 0 Å². The van der Waals surface area contributed by atoms with Gasteiger partial charge in [0.1, 0.15) is 6.04 Å². The Bertz CT molecular complexity index is 446. The van der Waals surface area contributed by atoms with Gasteiger partial charge in [-0.25, -0.2) is 0 Å². The van der Waals surface area contributed by atoms with Gasteiger partial charge in [-0.15, -0.1) is 0 Å². The van der Waals surface area contributed by atoms with Crippen LogP contribution >= 0.6 is 0 Å². The summed E-state index contributed by atoms with van der Waals surface area (Å²) in [6.07, 6.45) is -4.43. The summed E-state index contributed by atoms with van der Waals surface area (Å²) in [4.78, 5) is 11.3. The molecule has 1 aromatic rings. The van der Waals surface area contributed by atoms with Crippen LogP contribution in [-0.2, 0) is 11.0 Å². The van der Waals surface area contributed by atoms with E-state index in [0.717, 1.165) is 12.1 Å². The number of carbonyl (C=O) groups excluding carboxylic acids is 1. The van der Waals surface area contributed by atoms with E-state index < -0.39 is 17.8 Å². The van der Waals surface area contributed by atoms with E-state index in [4.69, 9.17) is 5.73 Å². The fourth-order valence-corrected chi connectivity index (χ4v) is 1.39. The monoisotopic (exact) mass is 261 g/mol. The number of halogens is 3. The fourth-order valence-electron chi connectivity index (χ4n) is 1.39. The summed E-state index contributed by atoms with van der Waals surface area (Å²) in [5.74, 6) is -0.283. The van der Waals surface area contributed by atoms with Crippen molar-refractivity contribution >= 4 is 17.3 Å². The number of hydrogen-bond donors (Lipinski definition) is 3. The molecule has 4 N–H and O–H groups in total. The Morgan fingerprint density at radius 1 is 1.39 bits per heavy atom. The van der Waals surface area contributed by atoms with Crippen molar-refractivity contribution in [2.75, 3.05) is 18.1 Å². The predicted molar refractivity (Wildman–Crippen MR) is 63.0 cm³/mol. The van der Waals surface area contributed by atoms with Crippen LogP contribution < -0.4 is 16.4 Å². The summed E-state index contributed by atoms with van der Waals surface area (Å²) in [5.41, 5.74) is 4.93. The molecule has 0 radical (unpaired) electrons. The van der Waals surface area contributed by atoms with Crippen molar-refractivity contribution < 1.29 is 18.0 Å². The maximum Gasteiger partial charge on any atom is 0.416 e. The third-order valence-corrected chi connectivity index (χ3v) is 2.39. The molecule has 1 amide bonds. The van der Waals surface area contributed by atoms with Crippen molar-refractivity contribution in [2.45, 2.75) is 19.1 Å². The van der Waals surface area contributed by atoms with Crippen LogP contribution in [0.5, 0.6) is 0 Å². The largest absolute Gasteiger partial charge is 0.416 e. The van der Waals surface area contributed by atoms with Gasteiger partial charge in [-0.3, -0.25) is 4.79 Å². The summed E-state index contributed by atoms with van der Waals surface area (Å²) < 4.78 is 37.2. The van der Waals surface area contributed by atoms with E-state index in [1.165, 1.54) is 13.1 Å². The van der Waals surface area contributed by atoms with E-state index in [2.05, 4.69) is 10.6 Å². The lowest BCUT2D eigenvalue weighted by atomic mass is 10.1. The van der Waals surface area contributed by atoms with Gasteiger partial charge < -0.3 is 16.4 Å². The first-order valence-electron chi connectivity index (χ1n) is 5.20. The van der Waals surface area contributed by atoms with E-state index in [-0.39, 0.29) is 11.6 Å². The molecular formula is C11H14F3N3O. The van der Waals surface area contributed by atoms with E-state index in [9.17, 15) is 18.0 Å². The van der Waals surface area contributed by atoms with Crippen molar-refractivity contribution in [1.82, 2.24) is 5.32 Å². The standard InChI is InChI=1S/C11H14F3N3O/c1-6(10(18)16-2)17-9-4-3-7(5-8(9)15)11(12,13)14/h3-6,17H,15H2,1-2H3,(H,16,18). The molecule has 0 aliphatic carbocycles. The lowest BCUT2D eigenvalue weighted by Gasteiger charge is -2.16. The highest BCUT2D eigenvalue weighted by atomic mass is 19.4. The molecular weight excluding hydrogens is 247 g/mol. The van der Waals surface area contributed by atoms with Crippen LogP contribution in [-0.4, -0.2) is 19.0 Å². The predicted octanol–water partition coefficient (Wildman–Crippen LogP) is 1.83. The molecule has 1 aromatic carbocycles. The lowest BCUT2D eigenvalue weighted by molar-refractivity contribution is -0.137. The highest BCUT2D eigenvalue weighted by molar-refractivity contribution is 5.85. The summed E-state index contributed by atoms with van der Waals surface area (Å²) >= 11 is 0. The maximum absolute atomic E-state index is 12.4. The van der Waals surface area contributed by atoms with Gasteiger partial charge in [0.15, 0.2) is 0 Å². The molecule has 0 bridgehead atoms. The first-order chi connectivity index (χ1) is 8.25. The molecule has 7 heteroatoms. The fraction of sp³-hybridized carbons (Fsp3) is 0.364. The van der Waals surface area contributed by atoms with E-state index in [0.29, 0.717) is 5.69 Å². The molecule has 0 aliphatic heterocycles. The highest BCUT2D eigenvalue weighted by Crippen LogP contribution is 2.32. The van der Waals surface area contributed by atoms with Crippen LogP contribution in [0.15, 0.2) is 18.2 Å². The van der Waals surface area contributed by atoms with Gasteiger partial charge in [-0.2, -0.15) is 13.2 Å². The molecule has 0 aromatic heterocycles. The molecule has 0 spiro atoms. The second kappa shape index (κ2) is 5.16. The molecule has 1 rings (SSSR count).